The molecule has 2 aliphatic carbocycles. The normalized spacial score (nSPS) is 17.8. The number of thiocarbonyl (C=S) groups is 1. The maximum atomic E-state index is 5.84. The molecule has 1 heterocycles. The second-order valence-electron chi connectivity index (χ2n) is 6.61. The lowest BCUT2D eigenvalue weighted by Crippen LogP contribution is -2.36. The van der Waals surface area contributed by atoms with Crippen molar-refractivity contribution >= 4 is 28.5 Å². The SMILES string of the molecule is CC(NC(=S)C1CC1)Oc1ccc(OCc2nnc(C3CC3)s2)cc1. The van der Waals surface area contributed by atoms with Crippen molar-refractivity contribution in [1.29, 1.82) is 0 Å². The molecular weight excluding hydrogens is 354 g/mol. The summed E-state index contributed by atoms with van der Waals surface area (Å²) < 4.78 is 11.6. The van der Waals surface area contributed by atoms with Gasteiger partial charge in [0.15, 0.2) is 11.2 Å². The van der Waals surface area contributed by atoms with Gasteiger partial charge in [-0.1, -0.05) is 23.6 Å². The van der Waals surface area contributed by atoms with Crippen LogP contribution in [0.1, 0.15) is 48.5 Å². The number of nitrogens with zero attached hydrogens (tertiary/aromatic N) is 2. The fourth-order valence-corrected chi connectivity index (χ4v) is 3.80. The zero-order valence-corrected chi connectivity index (χ0v) is 15.7. The van der Waals surface area contributed by atoms with Gasteiger partial charge < -0.3 is 14.8 Å². The molecule has 1 aromatic carbocycles. The maximum absolute atomic E-state index is 5.84. The fraction of sp³-hybridized carbons (Fsp3) is 0.500. The molecule has 1 aromatic heterocycles. The molecule has 0 spiro atoms. The zero-order valence-electron chi connectivity index (χ0n) is 14.1. The van der Waals surface area contributed by atoms with Gasteiger partial charge in [-0.25, -0.2) is 0 Å². The van der Waals surface area contributed by atoms with Gasteiger partial charge in [-0.15, -0.1) is 10.2 Å². The van der Waals surface area contributed by atoms with Crippen LogP contribution in [0.4, 0.5) is 0 Å². The molecule has 1 N–H and O–H groups in total. The molecule has 2 aliphatic rings. The van der Waals surface area contributed by atoms with Crippen molar-refractivity contribution < 1.29 is 9.47 Å². The first-order valence-corrected chi connectivity index (χ1v) is 9.92. The minimum Gasteiger partial charge on any atom is -0.486 e. The largest absolute Gasteiger partial charge is 0.486 e. The van der Waals surface area contributed by atoms with E-state index in [0.717, 1.165) is 26.5 Å². The molecule has 2 fully saturated rings. The molecule has 7 heteroatoms. The number of ether oxygens (including phenoxy) is 2. The van der Waals surface area contributed by atoms with E-state index in [9.17, 15) is 0 Å². The van der Waals surface area contributed by atoms with Gasteiger partial charge >= 0.3 is 0 Å². The van der Waals surface area contributed by atoms with Crippen LogP contribution in [-0.4, -0.2) is 21.4 Å². The van der Waals surface area contributed by atoms with Crippen molar-refractivity contribution in [3.63, 3.8) is 0 Å². The monoisotopic (exact) mass is 375 g/mol. The van der Waals surface area contributed by atoms with Crippen molar-refractivity contribution in [2.45, 2.75) is 51.4 Å². The van der Waals surface area contributed by atoms with Crippen molar-refractivity contribution in [3.8, 4) is 11.5 Å². The predicted octanol–water partition coefficient (Wildman–Crippen LogP) is 4.05. The molecule has 0 bridgehead atoms. The number of benzene rings is 1. The first kappa shape index (κ1) is 16.7. The summed E-state index contributed by atoms with van der Waals surface area (Å²) in [6.45, 7) is 2.42. The Labute approximate surface area is 156 Å². The molecule has 0 radical (unpaired) electrons. The quantitative estimate of drug-likeness (QED) is 0.555. The average Bonchev–Trinajstić information content (AvgIpc) is 3.52. The Morgan fingerprint density at radius 3 is 2.60 bits per heavy atom. The first-order chi connectivity index (χ1) is 12.2. The molecule has 4 rings (SSSR count). The van der Waals surface area contributed by atoms with E-state index in [2.05, 4.69) is 15.5 Å². The summed E-state index contributed by atoms with van der Waals surface area (Å²) in [6, 6.07) is 7.63. The highest BCUT2D eigenvalue weighted by Gasteiger charge is 2.28. The highest BCUT2D eigenvalue weighted by molar-refractivity contribution is 7.80. The Balaban J connectivity index is 1.25. The van der Waals surface area contributed by atoms with Gasteiger partial charge in [0.05, 0.1) is 4.99 Å². The second kappa shape index (κ2) is 7.25. The number of hydrogen-bond donors (Lipinski definition) is 1. The fourth-order valence-electron chi connectivity index (χ4n) is 2.48. The molecule has 25 heavy (non-hydrogen) atoms. The topological polar surface area (TPSA) is 56.3 Å². The summed E-state index contributed by atoms with van der Waals surface area (Å²) in [7, 11) is 0. The average molecular weight is 376 g/mol. The Bertz CT molecular complexity index is 739. The molecule has 0 amide bonds. The van der Waals surface area contributed by atoms with Gasteiger partial charge in [0.2, 0.25) is 0 Å². The van der Waals surface area contributed by atoms with Gasteiger partial charge in [-0.3, -0.25) is 0 Å². The highest BCUT2D eigenvalue weighted by atomic mass is 32.1. The van der Waals surface area contributed by atoms with E-state index in [4.69, 9.17) is 21.7 Å². The van der Waals surface area contributed by atoms with Gasteiger partial charge in [-0.2, -0.15) is 0 Å². The third-order valence-corrected chi connectivity index (χ3v) is 5.71. The van der Waals surface area contributed by atoms with Crippen molar-refractivity contribution in [2.24, 2.45) is 5.92 Å². The summed E-state index contributed by atoms with van der Waals surface area (Å²) in [5.74, 6) is 2.78. The van der Waals surface area contributed by atoms with Gasteiger partial charge in [0.1, 0.15) is 23.1 Å². The summed E-state index contributed by atoms with van der Waals surface area (Å²) in [5, 5.41) is 13.7. The summed E-state index contributed by atoms with van der Waals surface area (Å²) in [5.41, 5.74) is 0. The van der Waals surface area contributed by atoms with Crippen LogP contribution in [0.3, 0.4) is 0 Å². The van der Waals surface area contributed by atoms with Crippen molar-refractivity contribution in [3.05, 3.63) is 34.3 Å². The minimum absolute atomic E-state index is 0.137. The highest BCUT2D eigenvalue weighted by Crippen LogP contribution is 2.41. The van der Waals surface area contributed by atoms with Crippen molar-refractivity contribution in [1.82, 2.24) is 15.5 Å². The maximum Gasteiger partial charge on any atom is 0.167 e. The minimum atomic E-state index is -0.137. The number of aromatic nitrogens is 2. The van der Waals surface area contributed by atoms with Gasteiger partial charge in [-0.05, 0) is 56.9 Å². The van der Waals surface area contributed by atoms with E-state index in [1.807, 2.05) is 31.2 Å². The third kappa shape index (κ3) is 4.67. The molecule has 0 aliphatic heterocycles. The number of hydrogen-bond acceptors (Lipinski definition) is 6. The lowest BCUT2D eigenvalue weighted by molar-refractivity contribution is 0.206. The smallest absolute Gasteiger partial charge is 0.167 e. The van der Waals surface area contributed by atoms with Crippen LogP contribution < -0.4 is 14.8 Å². The molecule has 1 atom stereocenters. The number of rotatable bonds is 8. The van der Waals surface area contributed by atoms with Gasteiger partial charge in [0, 0.05) is 11.8 Å². The van der Waals surface area contributed by atoms with E-state index >= 15 is 0 Å². The molecule has 132 valence electrons. The standard InChI is InChI=1S/C18H21N3O2S2/c1-11(19-17(24)12-2-3-12)23-15-8-6-14(7-9-15)22-10-16-20-21-18(25-16)13-4-5-13/h6-9,11-13H,2-5,10H2,1H3,(H,19,24). The molecule has 2 aromatic rings. The molecular formula is C18H21N3O2S2. The lowest BCUT2D eigenvalue weighted by atomic mass is 10.3. The molecule has 0 saturated heterocycles. The Morgan fingerprint density at radius 2 is 1.92 bits per heavy atom. The van der Waals surface area contributed by atoms with E-state index in [1.165, 1.54) is 25.7 Å². The Kier molecular flexibility index (Phi) is 4.85. The Hall–Kier alpha value is -1.73. The van der Waals surface area contributed by atoms with E-state index in [-0.39, 0.29) is 6.23 Å². The van der Waals surface area contributed by atoms with Crippen LogP contribution in [0, 0.1) is 5.92 Å². The van der Waals surface area contributed by atoms with Gasteiger partial charge in [0.25, 0.3) is 0 Å². The molecule has 5 nitrogen and oxygen atoms in total. The molecule has 1 unspecified atom stereocenters. The molecule has 2 saturated carbocycles. The number of nitrogens with one attached hydrogen (secondary N) is 1. The zero-order chi connectivity index (χ0) is 17.2. The summed E-state index contributed by atoms with van der Waals surface area (Å²) >= 11 is 6.99. The summed E-state index contributed by atoms with van der Waals surface area (Å²) in [6.07, 6.45) is 4.75. The van der Waals surface area contributed by atoms with Crippen LogP contribution in [0.2, 0.25) is 0 Å². The lowest BCUT2D eigenvalue weighted by Gasteiger charge is -2.18. The van der Waals surface area contributed by atoms with Crippen LogP contribution in [-0.2, 0) is 6.61 Å². The Morgan fingerprint density at radius 1 is 1.20 bits per heavy atom. The second-order valence-corrected chi connectivity index (χ2v) is 8.14. The third-order valence-electron chi connectivity index (χ3n) is 4.20. The van der Waals surface area contributed by atoms with E-state index in [1.54, 1.807) is 11.3 Å². The van der Waals surface area contributed by atoms with E-state index < -0.39 is 0 Å². The summed E-state index contributed by atoms with van der Waals surface area (Å²) in [4.78, 5) is 0.912. The van der Waals surface area contributed by atoms with Crippen LogP contribution >= 0.6 is 23.6 Å². The van der Waals surface area contributed by atoms with E-state index in [0.29, 0.717) is 18.4 Å². The first-order valence-electron chi connectivity index (χ1n) is 8.69. The van der Waals surface area contributed by atoms with Crippen LogP contribution in [0.5, 0.6) is 11.5 Å². The van der Waals surface area contributed by atoms with Crippen molar-refractivity contribution in [2.75, 3.05) is 0 Å². The van der Waals surface area contributed by atoms with Crippen LogP contribution in [0.15, 0.2) is 24.3 Å². The van der Waals surface area contributed by atoms with Crippen LogP contribution in [0.25, 0.3) is 0 Å². The predicted molar refractivity (Wildman–Crippen MR) is 101 cm³/mol.